The summed E-state index contributed by atoms with van der Waals surface area (Å²) in [6.07, 6.45) is 6.54. The van der Waals surface area contributed by atoms with Gasteiger partial charge in [0.2, 0.25) is 11.8 Å². The number of allylic oxidation sites excluding steroid dienone is 2. The molecule has 0 aliphatic carbocycles. The summed E-state index contributed by atoms with van der Waals surface area (Å²) >= 11 is 0. The Hall–Kier alpha value is -2.11. The van der Waals surface area contributed by atoms with E-state index in [1.807, 2.05) is 0 Å². The standard InChI is InChI=1S/C13H20N2O4/c1-3-6-11(16)14-9-5-8-10(13(18)19)15-12(17)7-4-2/h3-4,6-7,10H,5,8-9H2,1-2H3,(H,14,16)(H,15,17)(H,18,19)/t10-/m0/s1. The largest absolute Gasteiger partial charge is 0.480 e. The minimum absolute atomic E-state index is 0.215. The first-order chi connectivity index (χ1) is 9.01. The fourth-order valence-corrected chi connectivity index (χ4v) is 1.36. The fourth-order valence-electron chi connectivity index (χ4n) is 1.36. The minimum atomic E-state index is -1.09. The van der Waals surface area contributed by atoms with Crippen molar-refractivity contribution in [3.8, 4) is 0 Å². The van der Waals surface area contributed by atoms with Crippen LogP contribution < -0.4 is 10.6 Å². The topological polar surface area (TPSA) is 95.5 Å². The van der Waals surface area contributed by atoms with Crippen molar-refractivity contribution < 1.29 is 19.5 Å². The number of carboxylic acids is 1. The second-order valence-corrected chi connectivity index (χ2v) is 3.83. The first-order valence-electron chi connectivity index (χ1n) is 6.07. The van der Waals surface area contributed by atoms with Crippen molar-refractivity contribution in [3.05, 3.63) is 24.3 Å². The lowest BCUT2D eigenvalue weighted by atomic mass is 10.1. The van der Waals surface area contributed by atoms with Crippen LogP contribution in [0, 0.1) is 0 Å². The Kier molecular flexibility index (Phi) is 8.78. The van der Waals surface area contributed by atoms with E-state index in [1.165, 1.54) is 18.2 Å². The highest BCUT2D eigenvalue weighted by molar-refractivity contribution is 5.91. The molecule has 0 radical (unpaired) electrons. The molecule has 106 valence electrons. The third-order valence-corrected chi connectivity index (χ3v) is 2.22. The van der Waals surface area contributed by atoms with Gasteiger partial charge in [0.25, 0.3) is 0 Å². The summed E-state index contributed by atoms with van der Waals surface area (Å²) in [7, 11) is 0. The van der Waals surface area contributed by atoms with Crippen molar-refractivity contribution in [2.75, 3.05) is 6.54 Å². The van der Waals surface area contributed by atoms with E-state index in [2.05, 4.69) is 10.6 Å². The summed E-state index contributed by atoms with van der Waals surface area (Å²) in [6, 6.07) is -0.942. The number of aliphatic carboxylic acids is 1. The molecule has 0 fully saturated rings. The summed E-state index contributed by atoms with van der Waals surface area (Å²) in [4.78, 5) is 33.3. The van der Waals surface area contributed by atoms with Crippen LogP contribution in [0.5, 0.6) is 0 Å². The zero-order valence-electron chi connectivity index (χ0n) is 11.2. The molecule has 0 aromatic carbocycles. The summed E-state index contributed by atoms with van der Waals surface area (Å²) in [5, 5.41) is 13.9. The molecule has 0 aromatic rings. The molecule has 19 heavy (non-hydrogen) atoms. The smallest absolute Gasteiger partial charge is 0.326 e. The van der Waals surface area contributed by atoms with Gasteiger partial charge in [-0.05, 0) is 38.8 Å². The number of hydrogen-bond acceptors (Lipinski definition) is 3. The average Bonchev–Trinajstić information content (AvgIpc) is 2.33. The number of carboxylic acid groups (broad SMARTS) is 1. The predicted octanol–water partition coefficient (Wildman–Crippen LogP) is 0.604. The van der Waals surface area contributed by atoms with Crippen molar-refractivity contribution in [2.24, 2.45) is 0 Å². The molecule has 0 unspecified atom stereocenters. The van der Waals surface area contributed by atoms with Gasteiger partial charge in [0.05, 0.1) is 0 Å². The van der Waals surface area contributed by atoms with Crippen molar-refractivity contribution in [1.82, 2.24) is 10.6 Å². The van der Waals surface area contributed by atoms with Crippen LogP contribution in [0.1, 0.15) is 26.7 Å². The number of amides is 2. The van der Waals surface area contributed by atoms with Gasteiger partial charge in [0.1, 0.15) is 6.04 Å². The van der Waals surface area contributed by atoms with Gasteiger partial charge in [-0.15, -0.1) is 0 Å². The number of carbonyl (C=O) groups is 3. The van der Waals surface area contributed by atoms with E-state index in [4.69, 9.17) is 5.11 Å². The molecule has 6 heteroatoms. The van der Waals surface area contributed by atoms with Crippen molar-refractivity contribution in [3.63, 3.8) is 0 Å². The maximum absolute atomic E-state index is 11.2. The molecule has 3 N–H and O–H groups in total. The molecule has 0 saturated heterocycles. The zero-order valence-corrected chi connectivity index (χ0v) is 11.2. The Labute approximate surface area is 112 Å². The van der Waals surface area contributed by atoms with Gasteiger partial charge >= 0.3 is 5.97 Å². The van der Waals surface area contributed by atoms with Gasteiger partial charge in [-0.1, -0.05) is 12.2 Å². The van der Waals surface area contributed by atoms with Gasteiger partial charge in [-0.25, -0.2) is 4.79 Å². The van der Waals surface area contributed by atoms with Gasteiger partial charge < -0.3 is 15.7 Å². The van der Waals surface area contributed by atoms with Gasteiger partial charge in [-0.3, -0.25) is 9.59 Å². The Morgan fingerprint density at radius 1 is 1.11 bits per heavy atom. The molecule has 6 nitrogen and oxygen atoms in total. The van der Waals surface area contributed by atoms with Crippen LogP contribution in [0.4, 0.5) is 0 Å². The number of rotatable bonds is 8. The van der Waals surface area contributed by atoms with E-state index in [9.17, 15) is 14.4 Å². The van der Waals surface area contributed by atoms with Gasteiger partial charge in [0.15, 0.2) is 0 Å². The molecular weight excluding hydrogens is 248 g/mol. The lowest BCUT2D eigenvalue weighted by Crippen LogP contribution is -2.40. The van der Waals surface area contributed by atoms with Crippen LogP contribution in [0.2, 0.25) is 0 Å². The molecule has 0 saturated carbocycles. The molecular formula is C13H20N2O4. The molecule has 2 amide bonds. The fraction of sp³-hybridized carbons (Fsp3) is 0.462. The normalized spacial score (nSPS) is 12.5. The van der Waals surface area contributed by atoms with Gasteiger partial charge in [0, 0.05) is 6.54 Å². The Balaban J connectivity index is 4.06. The van der Waals surface area contributed by atoms with E-state index < -0.39 is 17.9 Å². The quantitative estimate of drug-likeness (QED) is 0.444. The van der Waals surface area contributed by atoms with Crippen LogP contribution in [-0.2, 0) is 14.4 Å². The van der Waals surface area contributed by atoms with E-state index in [0.717, 1.165) is 0 Å². The minimum Gasteiger partial charge on any atom is -0.480 e. The number of hydrogen-bond donors (Lipinski definition) is 3. The van der Waals surface area contributed by atoms with Crippen LogP contribution >= 0.6 is 0 Å². The van der Waals surface area contributed by atoms with Crippen molar-refractivity contribution in [1.29, 1.82) is 0 Å². The molecule has 0 bridgehead atoms. The molecule has 0 rings (SSSR count). The van der Waals surface area contributed by atoms with Crippen LogP contribution in [0.15, 0.2) is 24.3 Å². The Morgan fingerprint density at radius 2 is 1.68 bits per heavy atom. The summed E-state index contributed by atoms with van der Waals surface area (Å²) in [6.45, 7) is 3.77. The molecule has 0 aliphatic rings. The van der Waals surface area contributed by atoms with Gasteiger partial charge in [-0.2, -0.15) is 0 Å². The van der Waals surface area contributed by atoms with E-state index >= 15 is 0 Å². The molecule has 1 atom stereocenters. The van der Waals surface area contributed by atoms with E-state index in [0.29, 0.717) is 13.0 Å². The van der Waals surface area contributed by atoms with Crippen molar-refractivity contribution in [2.45, 2.75) is 32.7 Å². The number of carbonyl (C=O) groups excluding carboxylic acids is 2. The highest BCUT2D eigenvalue weighted by Crippen LogP contribution is 1.97. The van der Waals surface area contributed by atoms with Crippen molar-refractivity contribution >= 4 is 17.8 Å². The second-order valence-electron chi connectivity index (χ2n) is 3.83. The SMILES string of the molecule is CC=CC(=O)NCCC[C@H](NC(=O)C=CC)C(=O)O. The highest BCUT2D eigenvalue weighted by Gasteiger charge is 2.18. The Morgan fingerprint density at radius 3 is 2.21 bits per heavy atom. The second kappa shape index (κ2) is 9.87. The first-order valence-corrected chi connectivity index (χ1v) is 6.07. The summed E-state index contributed by atoms with van der Waals surface area (Å²) in [5.74, 6) is -1.74. The Bertz CT molecular complexity index is 375. The maximum atomic E-state index is 11.2. The molecule has 0 aliphatic heterocycles. The molecule has 0 aromatic heterocycles. The van der Waals surface area contributed by atoms with Crippen LogP contribution in [-0.4, -0.2) is 35.5 Å². The van der Waals surface area contributed by atoms with E-state index in [-0.39, 0.29) is 12.3 Å². The van der Waals surface area contributed by atoms with E-state index in [1.54, 1.807) is 19.9 Å². The maximum Gasteiger partial charge on any atom is 0.326 e. The highest BCUT2D eigenvalue weighted by atomic mass is 16.4. The predicted molar refractivity (Wildman–Crippen MR) is 71.4 cm³/mol. The summed E-state index contributed by atoms with van der Waals surface area (Å²) in [5.41, 5.74) is 0. The lowest BCUT2D eigenvalue weighted by Gasteiger charge is -2.13. The number of nitrogens with one attached hydrogen (secondary N) is 2. The monoisotopic (exact) mass is 268 g/mol. The average molecular weight is 268 g/mol. The lowest BCUT2D eigenvalue weighted by molar-refractivity contribution is -0.141. The summed E-state index contributed by atoms with van der Waals surface area (Å²) < 4.78 is 0. The third kappa shape index (κ3) is 8.59. The molecule has 0 spiro atoms. The third-order valence-electron chi connectivity index (χ3n) is 2.22. The zero-order chi connectivity index (χ0) is 14.7. The van der Waals surface area contributed by atoms with Crippen LogP contribution in [0.25, 0.3) is 0 Å². The molecule has 0 heterocycles. The first kappa shape index (κ1) is 16.9. The van der Waals surface area contributed by atoms with Crippen LogP contribution in [0.3, 0.4) is 0 Å².